The van der Waals surface area contributed by atoms with E-state index >= 15 is 0 Å². The zero-order chi connectivity index (χ0) is 21.1. The number of rotatable bonds is 6. The van der Waals surface area contributed by atoms with E-state index in [4.69, 9.17) is 4.74 Å². The maximum absolute atomic E-state index is 12.8. The lowest BCUT2D eigenvalue weighted by Gasteiger charge is -2.17. The Morgan fingerprint density at radius 3 is 2.73 bits per heavy atom. The summed E-state index contributed by atoms with van der Waals surface area (Å²) >= 11 is 1.43. The van der Waals surface area contributed by atoms with E-state index in [1.54, 1.807) is 53.6 Å². The van der Waals surface area contributed by atoms with Crippen molar-refractivity contribution in [3.8, 4) is 5.19 Å². The molecule has 1 atom stereocenters. The van der Waals surface area contributed by atoms with Crippen molar-refractivity contribution in [3.05, 3.63) is 71.2 Å². The summed E-state index contributed by atoms with van der Waals surface area (Å²) < 4.78 is 33.4. The van der Waals surface area contributed by atoms with E-state index in [-0.39, 0.29) is 16.9 Å². The fourth-order valence-corrected chi connectivity index (χ4v) is 4.99. The SMILES string of the molecule is Cc1cccc(S(=O)(=O)Nc2ccc(C(=O)N3CCC(Oc4nccs4)C3)cc2)c1. The van der Waals surface area contributed by atoms with Crippen molar-refractivity contribution < 1.29 is 17.9 Å². The fraction of sp³-hybridized carbons (Fsp3) is 0.238. The first-order valence-electron chi connectivity index (χ1n) is 9.46. The normalized spacial score (nSPS) is 16.4. The van der Waals surface area contributed by atoms with Gasteiger partial charge in [-0.2, -0.15) is 0 Å². The summed E-state index contributed by atoms with van der Waals surface area (Å²) in [6.45, 7) is 2.95. The first kappa shape index (κ1) is 20.4. The number of hydrogen-bond acceptors (Lipinski definition) is 6. The number of amides is 1. The summed E-state index contributed by atoms with van der Waals surface area (Å²) in [5, 5.41) is 2.46. The number of nitrogens with zero attached hydrogens (tertiary/aromatic N) is 2. The van der Waals surface area contributed by atoms with Gasteiger partial charge in [-0.1, -0.05) is 23.5 Å². The first-order valence-corrected chi connectivity index (χ1v) is 11.8. The van der Waals surface area contributed by atoms with E-state index in [0.717, 1.165) is 12.0 Å². The molecule has 1 aliphatic heterocycles. The summed E-state index contributed by atoms with van der Waals surface area (Å²) in [7, 11) is -3.68. The molecule has 2 aromatic carbocycles. The van der Waals surface area contributed by atoms with Crippen LogP contribution in [0.3, 0.4) is 0 Å². The van der Waals surface area contributed by atoms with Crippen LogP contribution in [0.2, 0.25) is 0 Å². The van der Waals surface area contributed by atoms with Crippen molar-refractivity contribution in [1.82, 2.24) is 9.88 Å². The number of ether oxygens (including phenoxy) is 1. The van der Waals surface area contributed by atoms with Crippen molar-refractivity contribution >= 4 is 33.0 Å². The molecule has 1 aromatic heterocycles. The number of benzene rings is 2. The van der Waals surface area contributed by atoms with E-state index < -0.39 is 10.0 Å². The van der Waals surface area contributed by atoms with Gasteiger partial charge in [-0.3, -0.25) is 9.52 Å². The van der Waals surface area contributed by atoms with Gasteiger partial charge in [0.15, 0.2) is 0 Å². The molecule has 0 aliphatic carbocycles. The zero-order valence-corrected chi connectivity index (χ0v) is 17.9. The Morgan fingerprint density at radius 1 is 1.23 bits per heavy atom. The largest absolute Gasteiger partial charge is 0.465 e. The maximum atomic E-state index is 12.8. The van der Waals surface area contributed by atoms with Crippen LogP contribution in [0.25, 0.3) is 0 Å². The van der Waals surface area contributed by atoms with Crippen molar-refractivity contribution in [3.63, 3.8) is 0 Å². The molecule has 1 amide bonds. The number of likely N-dealkylation sites (tertiary alicyclic amines) is 1. The molecule has 30 heavy (non-hydrogen) atoms. The van der Waals surface area contributed by atoms with Crippen LogP contribution in [0.1, 0.15) is 22.3 Å². The molecule has 0 radical (unpaired) electrons. The van der Waals surface area contributed by atoms with Gasteiger partial charge in [0.25, 0.3) is 21.1 Å². The van der Waals surface area contributed by atoms with Crippen LogP contribution in [-0.4, -0.2) is 43.4 Å². The number of aromatic nitrogens is 1. The monoisotopic (exact) mass is 443 g/mol. The Balaban J connectivity index is 1.39. The standard InChI is InChI=1S/C21H21N3O4S2/c1-15-3-2-4-19(13-15)30(26,27)23-17-7-5-16(6-8-17)20(25)24-11-9-18(14-24)28-21-22-10-12-29-21/h2-8,10,12-13,18,23H,9,11,14H2,1H3. The van der Waals surface area contributed by atoms with Gasteiger partial charge < -0.3 is 9.64 Å². The summed E-state index contributed by atoms with van der Waals surface area (Å²) in [6.07, 6.45) is 2.37. The Morgan fingerprint density at radius 2 is 2.03 bits per heavy atom. The van der Waals surface area contributed by atoms with Crippen LogP contribution in [0.5, 0.6) is 5.19 Å². The lowest BCUT2D eigenvalue weighted by atomic mass is 10.2. The van der Waals surface area contributed by atoms with Gasteiger partial charge in [-0.15, -0.1) is 0 Å². The van der Waals surface area contributed by atoms with Crippen LogP contribution < -0.4 is 9.46 Å². The predicted molar refractivity (Wildman–Crippen MR) is 115 cm³/mol. The molecule has 156 valence electrons. The topological polar surface area (TPSA) is 88.6 Å². The Kier molecular flexibility index (Phi) is 5.74. The number of nitrogens with one attached hydrogen (secondary N) is 1. The first-order chi connectivity index (χ1) is 14.4. The highest BCUT2D eigenvalue weighted by molar-refractivity contribution is 7.92. The minimum atomic E-state index is -3.68. The molecule has 3 aromatic rings. The second-order valence-corrected chi connectivity index (χ2v) is 9.62. The zero-order valence-electron chi connectivity index (χ0n) is 16.3. The quantitative estimate of drug-likeness (QED) is 0.629. The fourth-order valence-electron chi connectivity index (χ4n) is 3.28. The molecule has 7 nitrogen and oxygen atoms in total. The lowest BCUT2D eigenvalue weighted by molar-refractivity contribution is 0.0772. The molecule has 1 unspecified atom stereocenters. The van der Waals surface area contributed by atoms with Gasteiger partial charge in [-0.05, 0) is 48.9 Å². The number of carbonyl (C=O) groups is 1. The molecule has 2 heterocycles. The van der Waals surface area contributed by atoms with Crippen molar-refractivity contribution in [2.24, 2.45) is 0 Å². The van der Waals surface area contributed by atoms with E-state index in [1.165, 1.54) is 11.3 Å². The Bertz CT molecular complexity index is 1130. The molecule has 1 aliphatic rings. The highest BCUT2D eigenvalue weighted by Crippen LogP contribution is 2.23. The molecule has 4 rings (SSSR count). The summed E-state index contributed by atoms with van der Waals surface area (Å²) in [6, 6.07) is 13.2. The smallest absolute Gasteiger partial charge is 0.273 e. The number of hydrogen-bond donors (Lipinski definition) is 1. The summed E-state index contributed by atoms with van der Waals surface area (Å²) in [4.78, 5) is 18.8. The predicted octanol–water partition coefficient (Wildman–Crippen LogP) is 3.55. The van der Waals surface area contributed by atoms with E-state index in [0.29, 0.717) is 29.5 Å². The average Bonchev–Trinajstić information content (AvgIpc) is 3.40. The molecule has 1 N–H and O–H groups in total. The summed E-state index contributed by atoms with van der Waals surface area (Å²) in [5.74, 6) is -0.103. The second kappa shape index (κ2) is 8.45. The Hall–Kier alpha value is -2.91. The Labute approximate surface area is 179 Å². The lowest BCUT2D eigenvalue weighted by Crippen LogP contribution is -2.30. The van der Waals surface area contributed by atoms with Gasteiger partial charge in [0.1, 0.15) is 6.10 Å². The number of sulfonamides is 1. The molecular weight excluding hydrogens is 422 g/mol. The highest BCUT2D eigenvalue weighted by atomic mass is 32.2. The van der Waals surface area contributed by atoms with Gasteiger partial charge in [0.2, 0.25) is 0 Å². The second-order valence-electron chi connectivity index (χ2n) is 7.08. The van der Waals surface area contributed by atoms with Crippen LogP contribution in [0.4, 0.5) is 5.69 Å². The molecule has 1 fully saturated rings. The molecule has 1 saturated heterocycles. The van der Waals surface area contributed by atoms with Crippen LogP contribution in [0.15, 0.2) is 65.0 Å². The van der Waals surface area contributed by atoms with E-state index in [9.17, 15) is 13.2 Å². The number of anilines is 1. The highest BCUT2D eigenvalue weighted by Gasteiger charge is 2.28. The van der Waals surface area contributed by atoms with Crippen LogP contribution in [-0.2, 0) is 10.0 Å². The minimum absolute atomic E-state index is 0.0690. The van der Waals surface area contributed by atoms with Crippen LogP contribution in [0, 0.1) is 6.92 Å². The third-order valence-electron chi connectivity index (χ3n) is 4.79. The van der Waals surface area contributed by atoms with Gasteiger partial charge >= 0.3 is 0 Å². The van der Waals surface area contributed by atoms with E-state index in [2.05, 4.69) is 9.71 Å². The van der Waals surface area contributed by atoms with Crippen LogP contribution >= 0.6 is 11.3 Å². The number of aryl methyl sites for hydroxylation is 1. The van der Waals surface area contributed by atoms with Crippen molar-refractivity contribution in [2.75, 3.05) is 17.8 Å². The third-order valence-corrected chi connectivity index (χ3v) is 6.83. The third kappa shape index (κ3) is 4.63. The molecule has 0 spiro atoms. The number of thiazole rings is 1. The number of carbonyl (C=O) groups excluding carboxylic acids is 1. The minimum Gasteiger partial charge on any atom is -0.465 e. The van der Waals surface area contributed by atoms with Gasteiger partial charge in [-0.25, -0.2) is 13.4 Å². The maximum Gasteiger partial charge on any atom is 0.273 e. The van der Waals surface area contributed by atoms with Crippen molar-refractivity contribution in [1.29, 1.82) is 0 Å². The van der Waals surface area contributed by atoms with Gasteiger partial charge in [0.05, 0.1) is 11.4 Å². The molecule has 0 saturated carbocycles. The molecule has 9 heteroatoms. The van der Waals surface area contributed by atoms with Crippen molar-refractivity contribution in [2.45, 2.75) is 24.3 Å². The van der Waals surface area contributed by atoms with Gasteiger partial charge in [0, 0.05) is 35.8 Å². The summed E-state index contributed by atoms with van der Waals surface area (Å²) in [5.41, 5.74) is 1.77. The van der Waals surface area contributed by atoms with E-state index in [1.807, 2.05) is 18.4 Å². The average molecular weight is 444 g/mol. The molecular formula is C21H21N3O4S2. The molecule has 0 bridgehead atoms.